The minimum Gasteiger partial charge on any atom is -0.333 e. The van der Waals surface area contributed by atoms with E-state index in [2.05, 4.69) is 41.6 Å². The fourth-order valence-corrected chi connectivity index (χ4v) is 3.43. The smallest absolute Gasteiger partial charge is 0.218 e. The van der Waals surface area contributed by atoms with E-state index in [1.54, 1.807) is 0 Å². The molecule has 0 saturated carbocycles. The van der Waals surface area contributed by atoms with E-state index in [4.69, 9.17) is 0 Å². The molecule has 120 valence electrons. The van der Waals surface area contributed by atoms with Crippen molar-refractivity contribution in [2.45, 2.75) is 38.9 Å². The van der Waals surface area contributed by atoms with Crippen LogP contribution in [-0.2, 0) is 9.59 Å². The van der Waals surface area contributed by atoms with E-state index < -0.39 is 5.66 Å². The van der Waals surface area contributed by atoms with Crippen molar-refractivity contribution >= 4 is 11.8 Å². The lowest BCUT2D eigenvalue weighted by molar-refractivity contribution is -0.129. The van der Waals surface area contributed by atoms with E-state index in [1.165, 1.54) is 19.4 Å². The van der Waals surface area contributed by atoms with Crippen molar-refractivity contribution in [1.82, 2.24) is 15.5 Å². The Hall–Kier alpha value is -1.88. The second-order valence-electron chi connectivity index (χ2n) is 6.30. The van der Waals surface area contributed by atoms with Crippen LogP contribution in [0.1, 0.15) is 38.8 Å². The van der Waals surface area contributed by atoms with Gasteiger partial charge in [0.1, 0.15) is 5.66 Å². The molecule has 2 N–H and O–H groups in total. The summed E-state index contributed by atoms with van der Waals surface area (Å²) < 4.78 is 0. The van der Waals surface area contributed by atoms with Crippen molar-refractivity contribution in [2.75, 3.05) is 13.6 Å². The molecule has 1 fully saturated rings. The number of hydrogen-bond acceptors (Lipinski definition) is 3. The Balaban J connectivity index is 2.35. The maximum atomic E-state index is 11.7. The van der Waals surface area contributed by atoms with E-state index in [-0.39, 0.29) is 23.8 Å². The number of benzene rings is 1. The first-order chi connectivity index (χ1) is 10.3. The van der Waals surface area contributed by atoms with Crippen LogP contribution < -0.4 is 10.6 Å². The van der Waals surface area contributed by atoms with Crippen molar-refractivity contribution in [2.24, 2.45) is 5.92 Å². The lowest BCUT2D eigenvalue weighted by Crippen LogP contribution is -2.68. The van der Waals surface area contributed by atoms with Crippen LogP contribution in [0.15, 0.2) is 30.3 Å². The second-order valence-corrected chi connectivity index (χ2v) is 6.30. The predicted octanol–water partition coefficient (Wildman–Crippen LogP) is 1.67. The number of piperidine rings is 1. The van der Waals surface area contributed by atoms with Crippen LogP contribution in [0.25, 0.3) is 0 Å². The maximum absolute atomic E-state index is 11.7. The number of carbonyl (C=O) groups excluding carboxylic acids is 2. The minimum atomic E-state index is -0.704. The molecule has 5 nitrogen and oxygen atoms in total. The molecule has 1 aliphatic rings. The third-order valence-electron chi connectivity index (χ3n) is 4.43. The van der Waals surface area contributed by atoms with Crippen molar-refractivity contribution in [1.29, 1.82) is 0 Å². The zero-order chi connectivity index (χ0) is 16.3. The van der Waals surface area contributed by atoms with Gasteiger partial charge in [-0.2, -0.15) is 0 Å². The van der Waals surface area contributed by atoms with Crippen LogP contribution in [0.4, 0.5) is 0 Å². The fraction of sp³-hybridized carbons (Fsp3) is 0.529. The van der Waals surface area contributed by atoms with Gasteiger partial charge in [0, 0.05) is 38.8 Å². The van der Waals surface area contributed by atoms with Crippen LogP contribution in [0.2, 0.25) is 0 Å². The number of carbonyl (C=O) groups is 2. The Labute approximate surface area is 132 Å². The Morgan fingerprint density at radius 2 is 1.68 bits per heavy atom. The highest BCUT2D eigenvalue weighted by molar-refractivity contribution is 5.77. The molecule has 2 amide bonds. The van der Waals surface area contributed by atoms with Gasteiger partial charge in [0.2, 0.25) is 11.8 Å². The van der Waals surface area contributed by atoms with Crippen molar-refractivity contribution in [3.63, 3.8) is 0 Å². The van der Waals surface area contributed by atoms with E-state index >= 15 is 0 Å². The SMILES string of the molecule is CC(=O)NC1(NC(C)=O)C[C@H](c2ccccc2)N(C)C[C@@H]1C. The number of nitrogens with zero attached hydrogens (tertiary/aromatic N) is 1. The van der Waals surface area contributed by atoms with Crippen molar-refractivity contribution in [3.05, 3.63) is 35.9 Å². The van der Waals surface area contributed by atoms with Gasteiger partial charge in [0.05, 0.1) is 0 Å². The first-order valence-electron chi connectivity index (χ1n) is 7.67. The molecule has 0 spiro atoms. The number of rotatable bonds is 3. The highest BCUT2D eigenvalue weighted by Crippen LogP contribution is 2.37. The molecule has 22 heavy (non-hydrogen) atoms. The average molecular weight is 303 g/mol. The summed E-state index contributed by atoms with van der Waals surface area (Å²) in [5.74, 6) is -0.140. The molecule has 5 heteroatoms. The van der Waals surface area contributed by atoms with Gasteiger partial charge >= 0.3 is 0 Å². The molecular formula is C17H25N3O2. The molecule has 0 unspecified atom stereocenters. The molecular weight excluding hydrogens is 278 g/mol. The van der Waals surface area contributed by atoms with Crippen LogP contribution in [0.3, 0.4) is 0 Å². The monoisotopic (exact) mass is 303 g/mol. The lowest BCUT2D eigenvalue weighted by atomic mass is 9.80. The average Bonchev–Trinajstić information content (AvgIpc) is 2.42. The largest absolute Gasteiger partial charge is 0.333 e. The summed E-state index contributed by atoms with van der Waals surface area (Å²) in [7, 11) is 2.08. The zero-order valence-corrected chi connectivity index (χ0v) is 13.7. The summed E-state index contributed by atoms with van der Waals surface area (Å²) in [6.07, 6.45) is 0.647. The van der Waals surface area contributed by atoms with Gasteiger partial charge in [0.25, 0.3) is 0 Å². The van der Waals surface area contributed by atoms with Gasteiger partial charge in [-0.15, -0.1) is 0 Å². The Morgan fingerprint density at radius 3 is 2.18 bits per heavy atom. The molecule has 0 bridgehead atoms. The lowest BCUT2D eigenvalue weighted by Gasteiger charge is -2.50. The molecule has 1 aromatic carbocycles. The number of hydrogen-bond donors (Lipinski definition) is 2. The highest BCUT2D eigenvalue weighted by atomic mass is 16.2. The van der Waals surface area contributed by atoms with Gasteiger partial charge in [0.15, 0.2) is 0 Å². The van der Waals surface area contributed by atoms with E-state index in [0.29, 0.717) is 6.42 Å². The number of likely N-dealkylation sites (tertiary alicyclic amines) is 1. The summed E-state index contributed by atoms with van der Waals surface area (Å²) in [6.45, 7) is 5.84. The first kappa shape index (κ1) is 16.5. The maximum Gasteiger partial charge on any atom is 0.218 e. The summed E-state index contributed by atoms with van der Waals surface area (Å²) in [5, 5.41) is 6.00. The molecule has 1 aliphatic heterocycles. The third-order valence-corrected chi connectivity index (χ3v) is 4.43. The van der Waals surface area contributed by atoms with Gasteiger partial charge in [-0.05, 0) is 12.6 Å². The second kappa shape index (κ2) is 6.48. The van der Waals surface area contributed by atoms with Crippen molar-refractivity contribution < 1.29 is 9.59 Å². The molecule has 0 aliphatic carbocycles. The van der Waals surface area contributed by atoms with E-state index in [1.807, 2.05) is 18.2 Å². The molecule has 0 aromatic heterocycles. The van der Waals surface area contributed by atoms with E-state index in [0.717, 1.165) is 6.54 Å². The van der Waals surface area contributed by atoms with Crippen molar-refractivity contribution in [3.8, 4) is 0 Å². The van der Waals surface area contributed by atoms with Crippen LogP contribution >= 0.6 is 0 Å². The molecule has 2 atom stereocenters. The van der Waals surface area contributed by atoms with Crippen LogP contribution in [0.5, 0.6) is 0 Å². The quantitative estimate of drug-likeness (QED) is 0.835. The predicted molar refractivity (Wildman–Crippen MR) is 86.0 cm³/mol. The highest BCUT2D eigenvalue weighted by Gasteiger charge is 2.45. The van der Waals surface area contributed by atoms with Gasteiger partial charge in [-0.25, -0.2) is 0 Å². The van der Waals surface area contributed by atoms with Gasteiger partial charge < -0.3 is 10.6 Å². The minimum absolute atomic E-state index is 0.116. The van der Waals surface area contributed by atoms with Crippen LogP contribution in [0, 0.1) is 5.92 Å². The molecule has 0 radical (unpaired) electrons. The Kier molecular flexibility index (Phi) is 4.86. The molecule has 1 aromatic rings. The molecule has 2 rings (SSSR count). The number of amides is 2. The topological polar surface area (TPSA) is 61.4 Å². The first-order valence-corrected chi connectivity index (χ1v) is 7.67. The molecule has 1 heterocycles. The standard InChI is InChI=1S/C17H25N3O2/c1-12-11-20(4)16(15-8-6-5-7-9-15)10-17(12,18-13(2)21)19-14(3)22/h5-9,12,16H,10-11H2,1-4H3,(H,18,21)(H,19,22)/t12-,16+/m0/s1. The third kappa shape index (κ3) is 3.47. The number of nitrogens with one attached hydrogen (secondary N) is 2. The normalized spacial score (nSPS) is 24.5. The van der Waals surface area contributed by atoms with Gasteiger partial charge in [-0.1, -0.05) is 37.3 Å². The Bertz CT molecular complexity index is 528. The van der Waals surface area contributed by atoms with E-state index in [9.17, 15) is 9.59 Å². The summed E-state index contributed by atoms with van der Waals surface area (Å²) >= 11 is 0. The van der Waals surface area contributed by atoms with Crippen LogP contribution in [-0.4, -0.2) is 36.0 Å². The molecule has 1 saturated heterocycles. The fourth-order valence-electron chi connectivity index (χ4n) is 3.43. The van der Waals surface area contributed by atoms with Gasteiger partial charge in [-0.3, -0.25) is 14.5 Å². The Morgan fingerprint density at radius 1 is 1.14 bits per heavy atom. The summed E-state index contributed by atoms with van der Waals surface area (Å²) in [4.78, 5) is 25.7. The summed E-state index contributed by atoms with van der Waals surface area (Å²) in [5.41, 5.74) is 0.488. The summed E-state index contributed by atoms with van der Waals surface area (Å²) in [6, 6.07) is 10.3. The zero-order valence-electron chi connectivity index (χ0n) is 13.7.